The molecule has 0 radical (unpaired) electrons. The van der Waals surface area contributed by atoms with Crippen molar-refractivity contribution < 1.29 is 9.53 Å². The molecule has 2 aromatic heterocycles. The summed E-state index contributed by atoms with van der Waals surface area (Å²) in [7, 11) is 4.09. The van der Waals surface area contributed by atoms with E-state index in [4.69, 9.17) is 10.5 Å². The first-order valence-electron chi connectivity index (χ1n) is 15.3. The fraction of sp³-hybridized carbons (Fsp3) is 0.457. The molecule has 0 saturated carbocycles. The van der Waals surface area contributed by atoms with Crippen LogP contribution >= 0.6 is 0 Å². The Balaban J connectivity index is 1.23. The average Bonchev–Trinajstić information content (AvgIpc) is 3.37. The maximum absolute atomic E-state index is 12.8. The lowest BCUT2D eigenvalue weighted by Crippen LogP contribution is -2.37. The van der Waals surface area contributed by atoms with Gasteiger partial charge in [0.2, 0.25) is 5.91 Å². The molecule has 0 unspecified atom stereocenters. The molecule has 5 rings (SSSR count). The molecule has 1 aliphatic rings. The van der Waals surface area contributed by atoms with Gasteiger partial charge in [0.1, 0.15) is 11.9 Å². The minimum absolute atomic E-state index is 0.0250. The highest BCUT2D eigenvalue weighted by atomic mass is 16.5. The highest BCUT2D eigenvalue weighted by Crippen LogP contribution is 2.42. The molecule has 4 aromatic rings. The van der Waals surface area contributed by atoms with Crippen molar-refractivity contribution in [3.8, 4) is 5.75 Å². The van der Waals surface area contributed by atoms with Crippen LogP contribution in [-0.2, 0) is 15.7 Å². The molecular weight excluding hydrogens is 536 g/mol. The normalized spacial score (nSPS) is 17.2. The summed E-state index contributed by atoms with van der Waals surface area (Å²) in [6.07, 6.45) is 6.16. The third kappa shape index (κ3) is 6.69. The van der Waals surface area contributed by atoms with Gasteiger partial charge in [-0.1, -0.05) is 45.0 Å². The van der Waals surface area contributed by atoms with Gasteiger partial charge in [-0.25, -0.2) is 0 Å². The number of aromatic nitrogens is 3. The molecule has 0 aliphatic heterocycles. The van der Waals surface area contributed by atoms with Crippen molar-refractivity contribution in [1.82, 2.24) is 19.5 Å². The molecule has 3 N–H and O–H groups in total. The van der Waals surface area contributed by atoms with Crippen LogP contribution in [0.5, 0.6) is 5.75 Å². The Kier molecular flexibility index (Phi) is 8.52. The molecule has 2 aromatic carbocycles. The third-order valence-electron chi connectivity index (χ3n) is 8.94. The van der Waals surface area contributed by atoms with Gasteiger partial charge in [-0.05, 0) is 112 Å². The van der Waals surface area contributed by atoms with Gasteiger partial charge in [0, 0.05) is 17.8 Å². The monoisotopic (exact) mass is 582 g/mol. The second-order valence-corrected chi connectivity index (χ2v) is 13.6. The number of rotatable bonds is 9. The lowest BCUT2D eigenvalue weighted by Gasteiger charge is -2.32. The zero-order valence-corrected chi connectivity index (χ0v) is 26.6. The summed E-state index contributed by atoms with van der Waals surface area (Å²) in [6, 6.07) is 18.4. The molecule has 8 nitrogen and oxygen atoms in total. The quantitative estimate of drug-likeness (QED) is 0.202. The SMILES string of the molecule is CN(C)C(C)(C)c1nnc2ccc(O[C@@H]3CC[C@H](CCCC(=O)Nc4cc(N)cc(C(C)(C)C)c4)c4ccccc43)cn12. The van der Waals surface area contributed by atoms with Gasteiger partial charge >= 0.3 is 0 Å². The van der Waals surface area contributed by atoms with Gasteiger partial charge in [-0.2, -0.15) is 0 Å². The van der Waals surface area contributed by atoms with Crippen LogP contribution in [0.25, 0.3) is 5.65 Å². The zero-order valence-electron chi connectivity index (χ0n) is 26.6. The lowest BCUT2D eigenvalue weighted by molar-refractivity contribution is -0.116. The summed E-state index contributed by atoms with van der Waals surface area (Å²) < 4.78 is 8.66. The molecule has 1 aliphatic carbocycles. The second kappa shape index (κ2) is 12.0. The molecule has 2 heterocycles. The topological polar surface area (TPSA) is 97.8 Å². The van der Waals surface area contributed by atoms with E-state index in [1.54, 1.807) is 0 Å². The number of carbonyl (C=O) groups excluding carboxylic acids is 1. The van der Waals surface area contributed by atoms with E-state index in [1.807, 2.05) is 55.0 Å². The molecule has 0 fully saturated rings. The van der Waals surface area contributed by atoms with Crippen LogP contribution in [0.1, 0.15) is 101 Å². The fourth-order valence-electron chi connectivity index (χ4n) is 5.87. The maximum Gasteiger partial charge on any atom is 0.224 e. The van der Waals surface area contributed by atoms with Gasteiger partial charge in [0.05, 0.1) is 11.7 Å². The number of nitrogens with zero attached hydrogens (tertiary/aromatic N) is 4. The van der Waals surface area contributed by atoms with E-state index >= 15 is 0 Å². The summed E-state index contributed by atoms with van der Waals surface area (Å²) in [6.45, 7) is 10.7. The average molecular weight is 583 g/mol. The summed E-state index contributed by atoms with van der Waals surface area (Å²) in [5.74, 6) is 2.10. The molecule has 43 heavy (non-hydrogen) atoms. The molecule has 0 bridgehead atoms. The predicted molar refractivity (Wildman–Crippen MR) is 174 cm³/mol. The van der Waals surface area contributed by atoms with E-state index in [0.29, 0.717) is 18.0 Å². The second-order valence-electron chi connectivity index (χ2n) is 13.6. The van der Waals surface area contributed by atoms with E-state index < -0.39 is 0 Å². The van der Waals surface area contributed by atoms with E-state index in [0.717, 1.165) is 54.2 Å². The minimum Gasteiger partial charge on any atom is -0.484 e. The van der Waals surface area contributed by atoms with Crippen molar-refractivity contribution in [2.75, 3.05) is 25.1 Å². The first kappa shape index (κ1) is 30.5. The Labute approximate surface area is 255 Å². The van der Waals surface area contributed by atoms with Gasteiger partial charge in [-0.3, -0.25) is 14.1 Å². The molecule has 1 amide bonds. The zero-order chi connectivity index (χ0) is 30.9. The number of fused-ring (bicyclic) bond motifs is 2. The first-order valence-corrected chi connectivity index (χ1v) is 15.3. The molecule has 0 saturated heterocycles. The number of nitrogen functional groups attached to an aromatic ring is 1. The van der Waals surface area contributed by atoms with E-state index in [-0.39, 0.29) is 23.0 Å². The van der Waals surface area contributed by atoms with E-state index in [2.05, 4.69) is 79.3 Å². The van der Waals surface area contributed by atoms with E-state index in [9.17, 15) is 4.79 Å². The lowest BCUT2D eigenvalue weighted by atomic mass is 9.79. The van der Waals surface area contributed by atoms with Crippen molar-refractivity contribution >= 4 is 22.9 Å². The van der Waals surface area contributed by atoms with Crippen molar-refractivity contribution in [2.24, 2.45) is 0 Å². The molecule has 8 heteroatoms. The van der Waals surface area contributed by atoms with Crippen LogP contribution in [0.4, 0.5) is 11.4 Å². The van der Waals surface area contributed by atoms with Crippen molar-refractivity contribution in [3.05, 3.63) is 83.3 Å². The number of pyridine rings is 1. The number of benzene rings is 2. The fourth-order valence-corrected chi connectivity index (χ4v) is 5.87. The molecular formula is C35H46N6O2. The largest absolute Gasteiger partial charge is 0.484 e. The van der Waals surface area contributed by atoms with Crippen molar-refractivity contribution in [1.29, 1.82) is 0 Å². The number of nitrogens with two attached hydrogens (primary N) is 1. The number of hydrogen-bond donors (Lipinski definition) is 2. The Bertz CT molecular complexity index is 1600. The molecule has 228 valence electrons. The highest BCUT2D eigenvalue weighted by molar-refractivity contribution is 5.91. The minimum atomic E-state index is -0.288. The number of hydrogen-bond acceptors (Lipinski definition) is 6. The number of nitrogens with one attached hydrogen (secondary N) is 1. The number of ether oxygens (including phenoxy) is 1. The van der Waals surface area contributed by atoms with Crippen molar-refractivity contribution in [3.63, 3.8) is 0 Å². The Morgan fingerprint density at radius 2 is 1.77 bits per heavy atom. The van der Waals surface area contributed by atoms with Gasteiger partial charge in [0.25, 0.3) is 0 Å². The van der Waals surface area contributed by atoms with Crippen LogP contribution in [0.3, 0.4) is 0 Å². The Morgan fingerprint density at radius 3 is 2.49 bits per heavy atom. The number of carbonyl (C=O) groups is 1. The third-order valence-corrected chi connectivity index (χ3v) is 8.94. The molecule has 2 atom stereocenters. The standard InChI is InChI=1S/C35H46N6O2/c1-34(2,3)24-19-25(36)21-26(20-24)37-32(42)14-10-11-23-15-17-30(29-13-9-8-12-28(23)29)43-27-16-18-31-38-39-33(41(31)22-27)35(4,5)40(6)7/h8-9,12-13,16,18-23,30H,10-11,14-15,17,36H2,1-7H3,(H,37,42)/t23-,30+/m0/s1. The highest BCUT2D eigenvalue weighted by Gasteiger charge is 2.30. The first-order chi connectivity index (χ1) is 20.3. The summed E-state index contributed by atoms with van der Waals surface area (Å²) in [5, 5.41) is 11.9. The van der Waals surface area contributed by atoms with Crippen molar-refractivity contribution in [2.45, 2.75) is 89.7 Å². The van der Waals surface area contributed by atoms with Crippen LogP contribution in [-0.4, -0.2) is 39.5 Å². The summed E-state index contributed by atoms with van der Waals surface area (Å²) in [4.78, 5) is 15.0. The van der Waals surface area contributed by atoms with E-state index in [1.165, 1.54) is 11.1 Å². The van der Waals surface area contributed by atoms with Gasteiger partial charge in [-0.15, -0.1) is 10.2 Å². The summed E-state index contributed by atoms with van der Waals surface area (Å²) in [5.41, 5.74) is 11.7. The van der Waals surface area contributed by atoms with Crippen LogP contribution in [0.2, 0.25) is 0 Å². The smallest absolute Gasteiger partial charge is 0.224 e. The van der Waals surface area contributed by atoms with Gasteiger partial charge < -0.3 is 15.8 Å². The van der Waals surface area contributed by atoms with Crippen LogP contribution in [0.15, 0.2) is 60.8 Å². The predicted octanol–water partition coefficient (Wildman–Crippen LogP) is 7.21. The number of anilines is 2. The van der Waals surface area contributed by atoms with Crippen LogP contribution in [0, 0.1) is 0 Å². The van der Waals surface area contributed by atoms with Crippen LogP contribution < -0.4 is 15.8 Å². The maximum atomic E-state index is 12.8. The molecule has 0 spiro atoms. The Hall–Kier alpha value is -3.91. The Morgan fingerprint density at radius 1 is 1.02 bits per heavy atom. The summed E-state index contributed by atoms with van der Waals surface area (Å²) >= 11 is 0. The number of amides is 1. The van der Waals surface area contributed by atoms with Gasteiger partial charge in [0.15, 0.2) is 11.5 Å².